The molecule has 0 aliphatic rings. The highest BCUT2D eigenvalue weighted by atomic mass is 16.6. The molecule has 0 fully saturated rings. The lowest BCUT2D eigenvalue weighted by Crippen LogP contribution is -2.06. The first-order valence-corrected chi connectivity index (χ1v) is 6.06. The molecule has 2 rings (SSSR count). The maximum absolute atomic E-state index is 11.1. The number of methoxy groups -OCH3 is 1. The Morgan fingerprint density at radius 2 is 2.10 bits per heavy atom. The monoisotopic (exact) mass is 284 g/mol. The summed E-state index contributed by atoms with van der Waals surface area (Å²) in [6.07, 6.45) is 1.36. The molecule has 0 aliphatic carbocycles. The Hall–Kier alpha value is -3.14. The van der Waals surface area contributed by atoms with Crippen LogP contribution < -0.4 is 10.1 Å². The van der Waals surface area contributed by atoms with Gasteiger partial charge in [-0.15, -0.1) is 0 Å². The van der Waals surface area contributed by atoms with Crippen LogP contribution in [0.1, 0.15) is 11.1 Å². The van der Waals surface area contributed by atoms with Crippen molar-refractivity contribution >= 4 is 11.5 Å². The van der Waals surface area contributed by atoms with Gasteiger partial charge < -0.3 is 10.1 Å². The second kappa shape index (κ2) is 6.34. The molecule has 0 aliphatic heterocycles. The third-order valence-corrected chi connectivity index (χ3v) is 2.85. The molecular weight excluding hydrogens is 272 g/mol. The number of hydrogen-bond donors (Lipinski definition) is 1. The van der Waals surface area contributed by atoms with Gasteiger partial charge in [0.2, 0.25) is 5.82 Å². The van der Waals surface area contributed by atoms with Crippen molar-refractivity contribution in [2.24, 2.45) is 0 Å². The van der Waals surface area contributed by atoms with Crippen molar-refractivity contribution in [2.75, 3.05) is 12.4 Å². The summed E-state index contributed by atoms with van der Waals surface area (Å²) in [5, 5.41) is 22.8. The zero-order chi connectivity index (χ0) is 15.2. The van der Waals surface area contributed by atoms with Gasteiger partial charge in [0.15, 0.2) is 0 Å². The molecule has 0 atom stereocenters. The van der Waals surface area contributed by atoms with Gasteiger partial charge in [-0.25, -0.2) is 4.98 Å². The lowest BCUT2D eigenvalue weighted by atomic mass is 10.2. The van der Waals surface area contributed by atoms with Crippen LogP contribution in [0.4, 0.5) is 11.5 Å². The summed E-state index contributed by atoms with van der Waals surface area (Å²) < 4.78 is 5.05. The maximum atomic E-state index is 11.1. The van der Waals surface area contributed by atoms with Crippen molar-refractivity contribution in [1.82, 2.24) is 4.98 Å². The summed E-state index contributed by atoms with van der Waals surface area (Å²) in [6, 6.07) is 10.4. The molecule has 21 heavy (non-hydrogen) atoms. The molecule has 1 aromatic heterocycles. The predicted molar refractivity (Wildman–Crippen MR) is 75.9 cm³/mol. The number of ether oxygens (including phenoxy) is 1. The van der Waals surface area contributed by atoms with Gasteiger partial charge in [0, 0.05) is 12.7 Å². The zero-order valence-electron chi connectivity index (χ0n) is 11.2. The molecule has 0 unspecified atom stereocenters. The molecule has 1 N–H and O–H groups in total. The summed E-state index contributed by atoms with van der Waals surface area (Å²) >= 11 is 0. The summed E-state index contributed by atoms with van der Waals surface area (Å²) in [5.41, 5.74) is 0.579. The lowest BCUT2D eigenvalue weighted by Gasteiger charge is -2.07. The number of nitriles is 1. The van der Waals surface area contributed by atoms with Crippen molar-refractivity contribution in [3.05, 3.63) is 57.8 Å². The molecule has 1 heterocycles. The lowest BCUT2D eigenvalue weighted by molar-refractivity contribution is -0.384. The van der Waals surface area contributed by atoms with Gasteiger partial charge in [-0.05, 0) is 23.8 Å². The minimum Gasteiger partial charge on any atom is -0.497 e. The van der Waals surface area contributed by atoms with E-state index in [0.29, 0.717) is 6.54 Å². The number of benzene rings is 1. The number of anilines is 1. The Morgan fingerprint density at radius 3 is 2.67 bits per heavy atom. The quantitative estimate of drug-likeness (QED) is 0.668. The smallest absolute Gasteiger partial charge is 0.328 e. The standard InChI is InChI=1S/C14H12N4O3/c1-21-12-4-2-10(3-5-12)9-17-14-13(18(19)20)11(8-15)6-7-16-14/h2-7H,9H2,1H3,(H,16,17). The molecule has 0 saturated carbocycles. The van der Waals surface area contributed by atoms with Crippen LogP contribution in [0.5, 0.6) is 5.75 Å². The highest BCUT2D eigenvalue weighted by molar-refractivity contribution is 5.64. The number of hydrogen-bond acceptors (Lipinski definition) is 6. The summed E-state index contributed by atoms with van der Waals surface area (Å²) in [6.45, 7) is 0.354. The van der Waals surface area contributed by atoms with Crippen molar-refractivity contribution in [3.8, 4) is 11.8 Å². The van der Waals surface area contributed by atoms with Gasteiger partial charge in [-0.3, -0.25) is 10.1 Å². The molecule has 7 nitrogen and oxygen atoms in total. The average molecular weight is 284 g/mol. The molecule has 7 heteroatoms. The third-order valence-electron chi connectivity index (χ3n) is 2.85. The zero-order valence-corrected chi connectivity index (χ0v) is 11.2. The van der Waals surface area contributed by atoms with E-state index < -0.39 is 4.92 Å². The first-order chi connectivity index (χ1) is 10.2. The Labute approximate surface area is 121 Å². The molecule has 2 aromatic rings. The predicted octanol–water partition coefficient (Wildman–Crippen LogP) is 2.48. The van der Waals surface area contributed by atoms with E-state index in [1.165, 1.54) is 12.3 Å². The van der Waals surface area contributed by atoms with Gasteiger partial charge >= 0.3 is 5.69 Å². The largest absolute Gasteiger partial charge is 0.497 e. The van der Waals surface area contributed by atoms with Crippen LogP contribution in [-0.4, -0.2) is 17.0 Å². The van der Waals surface area contributed by atoms with Crippen molar-refractivity contribution < 1.29 is 9.66 Å². The molecule has 0 amide bonds. The van der Waals surface area contributed by atoms with E-state index >= 15 is 0 Å². The van der Waals surface area contributed by atoms with E-state index in [0.717, 1.165) is 11.3 Å². The molecule has 106 valence electrons. The minimum atomic E-state index is -0.609. The van der Waals surface area contributed by atoms with Crippen LogP contribution in [0.15, 0.2) is 36.5 Å². The first-order valence-electron chi connectivity index (χ1n) is 6.06. The van der Waals surface area contributed by atoms with Crippen LogP contribution >= 0.6 is 0 Å². The second-order valence-corrected chi connectivity index (χ2v) is 4.13. The Kier molecular flexibility index (Phi) is 4.31. The van der Waals surface area contributed by atoms with E-state index in [4.69, 9.17) is 10.00 Å². The van der Waals surface area contributed by atoms with Crippen LogP contribution in [0, 0.1) is 21.4 Å². The number of nitro groups is 1. The Morgan fingerprint density at radius 1 is 1.38 bits per heavy atom. The molecular formula is C14H12N4O3. The number of nitrogens with zero attached hydrogens (tertiary/aromatic N) is 3. The fraction of sp³-hybridized carbons (Fsp3) is 0.143. The summed E-state index contributed by atoms with van der Waals surface area (Å²) in [5.74, 6) is 0.809. The van der Waals surface area contributed by atoms with Gasteiger partial charge in [0.1, 0.15) is 17.4 Å². The number of aromatic nitrogens is 1. The van der Waals surface area contributed by atoms with E-state index in [1.807, 2.05) is 12.1 Å². The van der Waals surface area contributed by atoms with Gasteiger partial charge in [-0.2, -0.15) is 5.26 Å². The molecule has 0 radical (unpaired) electrons. The van der Waals surface area contributed by atoms with Crippen LogP contribution in [0.25, 0.3) is 0 Å². The van der Waals surface area contributed by atoms with E-state index in [9.17, 15) is 10.1 Å². The molecule has 0 spiro atoms. The van der Waals surface area contributed by atoms with E-state index in [-0.39, 0.29) is 17.1 Å². The first kappa shape index (κ1) is 14.3. The van der Waals surface area contributed by atoms with Crippen molar-refractivity contribution in [2.45, 2.75) is 6.54 Å². The van der Waals surface area contributed by atoms with Gasteiger partial charge in [-0.1, -0.05) is 12.1 Å². The van der Waals surface area contributed by atoms with Crippen LogP contribution in [0.2, 0.25) is 0 Å². The topological polar surface area (TPSA) is 101 Å². The van der Waals surface area contributed by atoms with Crippen LogP contribution in [-0.2, 0) is 6.54 Å². The van der Waals surface area contributed by atoms with Crippen LogP contribution in [0.3, 0.4) is 0 Å². The SMILES string of the molecule is COc1ccc(CNc2nccc(C#N)c2[N+](=O)[O-])cc1. The van der Waals surface area contributed by atoms with E-state index in [1.54, 1.807) is 25.3 Å². The highest BCUT2D eigenvalue weighted by Gasteiger charge is 2.20. The van der Waals surface area contributed by atoms with Crippen molar-refractivity contribution in [3.63, 3.8) is 0 Å². The fourth-order valence-corrected chi connectivity index (χ4v) is 1.79. The normalized spacial score (nSPS) is 9.71. The fourth-order valence-electron chi connectivity index (χ4n) is 1.79. The summed E-state index contributed by atoms with van der Waals surface area (Å²) in [7, 11) is 1.58. The molecule has 1 aromatic carbocycles. The Bertz CT molecular complexity index is 692. The summed E-state index contributed by atoms with van der Waals surface area (Å²) in [4.78, 5) is 14.4. The number of pyridine rings is 1. The average Bonchev–Trinajstić information content (AvgIpc) is 2.52. The molecule has 0 saturated heterocycles. The number of rotatable bonds is 5. The van der Waals surface area contributed by atoms with Gasteiger partial charge in [0.05, 0.1) is 12.0 Å². The van der Waals surface area contributed by atoms with E-state index in [2.05, 4.69) is 10.3 Å². The van der Waals surface area contributed by atoms with Gasteiger partial charge in [0.25, 0.3) is 0 Å². The highest BCUT2D eigenvalue weighted by Crippen LogP contribution is 2.26. The minimum absolute atomic E-state index is 0.0211. The number of nitrogens with one attached hydrogen (secondary N) is 1. The van der Waals surface area contributed by atoms with Crippen molar-refractivity contribution in [1.29, 1.82) is 5.26 Å². The second-order valence-electron chi connectivity index (χ2n) is 4.13. The molecule has 0 bridgehead atoms. The Balaban J connectivity index is 2.20. The third kappa shape index (κ3) is 3.25. The maximum Gasteiger partial charge on any atom is 0.328 e.